The Balaban J connectivity index is 0.000000246. The van der Waals surface area contributed by atoms with Gasteiger partial charge in [0.2, 0.25) is 11.9 Å². The van der Waals surface area contributed by atoms with Gasteiger partial charge >= 0.3 is 15.2 Å². The van der Waals surface area contributed by atoms with Crippen molar-refractivity contribution in [2.24, 2.45) is 0 Å². The first-order valence-electron chi connectivity index (χ1n) is 31.1. The number of amides is 2. The zero-order valence-corrected chi connectivity index (χ0v) is 58.3. The minimum atomic E-state index is -3.97. The maximum Gasteiger partial charge on any atom is 0.331 e. The molecule has 10 rings (SSSR count). The lowest BCUT2D eigenvalue weighted by Crippen LogP contribution is -2.46. The summed E-state index contributed by atoms with van der Waals surface area (Å²) in [5.74, 6) is 0.519. The smallest absolute Gasteiger partial charge is 0.324 e. The summed E-state index contributed by atoms with van der Waals surface area (Å²) in [7, 11) is -6.99. The van der Waals surface area contributed by atoms with Crippen LogP contribution in [0.3, 0.4) is 0 Å². The maximum atomic E-state index is 13.1. The number of aryl methyl sites for hydroxylation is 2. The van der Waals surface area contributed by atoms with Gasteiger partial charge in [0.25, 0.3) is 11.8 Å². The number of anilines is 6. The molecule has 2 aliphatic rings. The molecule has 22 nitrogen and oxygen atoms in total. The van der Waals surface area contributed by atoms with Crippen molar-refractivity contribution >= 4 is 83.6 Å². The molecule has 6 N–H and O–H groups in total. The number of halogens is 1. The fourth-order valence-corrected chi connectivity index (χ4v) is 12.2. The monoisotopic (exact) mass is 1400 g/mol. The zero-order chi connectivity index (χ0) is 66.4. The van der Waals surface area contributed by atoms with Gasteiger partial charge in [-0.15, -0.1) is 15.3 Å². The summed E-state index contributed by atoms with van der Waals surface area (Å²) >= 11 is 3.51. The largest absolute Gasteiger partial charge is 0.331 e. The van der Waals surface area contributed by atoms with Crippen molar-refractivity contribution in [2.75, 3.05) is 112 Å². The van der Waals surface area contributed by atoms with Gasteiger partial charge in [0.15, 0.2) is 0 Å². The van der Waals surface area contributed by atoms with Crippen molar-refractivity contribution in [3.8, 4) is 22.5 Å². The van der Waals surface area contributed by atoms with Gasteiger partial charge < -0.3 is 49.9 Å². The van der Waals surface area contributed by atoms with Gasteiger partial charge in [0, 0.05) is 161 Å². The first-order valence-corrected chi connectivity index (χ1v) is 40.4. The summed E-state index contributed by atoms with van der Waals surface area (Å²) in [6, 6.07) is 38.0. The van der Waals surface area contributed by atoms with Gasteiger partial charge in [-0.25, -0.2) is 19.9 Å². The van der Waals surface area contributed by atoms with Crippen molar-refractivity contribution in [3.05, 3.63) is 192 Å². The van der Waals surface area contributed by atoms with E-state index in [1.165, 1.54) is 0 Å². The number of carbonyl (C=O) groups excluding carboxylic acids is 2. The van der Waals surface area contributed by atoms with Crippen LogP contribution < -0.4 is 21.3 Å². The molecule has 2 saturated heterocycles. The second-order valence-electron chi connectivity index (χ2n) is 23.5. The van der Waals surface area contributed by atoms with Crippen LogP contribution in [-0.4, -0.2) is 169 Å². The Bertz CT molecular complexity index is 3770. The summed E-state index contributed by atoms with van der Waals surface area (Å²) < 4.78 is 34.7. The summed E-state index contributed by atoms with van der Waals surface area (Å²) in [5.41, 5.74) is 11.6. The molecule has 94 heavy (non-hydrogen) atoms. The molecule has 0 atom stereocenters. The molecule has 0 saturated carbocycles. The molecule has 6 heterocycles. The first-order chi connectivity index (χ1) is 44.6. The maximum absolute atomic E-state index is 13.1. The highest BCUT2D eigenvalue weighted by Gasteiger charge is 2.27. The fraction of sp³-hybridized carbons (Fsp3) is 0.353. The highest BCUT2D eigenvalue weighted by molar-refractivity contribution is 9.26. The number of piperazine rings is 2. The van der Waals surface area contributed by atoms with E-state index >= 15 is 0 Å². The van der Waals surface area contributed by atoms with Crippen LogP contribution in [0.25, 0.3) is 22.5 Å². The summed E-state index contributed by atoms with van der Waals surface area (Å²) in [5, 5.41) is 12.5. The summed E-state index contributed by atoms with van der Waals surface area (Å²) in [6.45, 7) is 23.8. The Morgan fingerprint density at radius 3 is 1.30 bits per heavy atom. The third-order valence-corrected chi connectivity index (χ3v) is 17.8. The van der Waals surface area contributed by atoms with E-state index in [0.29, 0.717) is 66.9 Å². The molecular formula is C68H89BrN14O8P2Si. The van der Waals surface area contributed by atoms with Gasteiger partial charge in [0.1, 0.15) is 6.69 Å². The SMILES string of the molecule is C.CCOP(=O)(CCN1CCN(Cc2ccc(C(=O)Nc3ccc(C)c(Nc4nccc(-c5cccnc5)n4)c3)cc2)CC1)OCC.C[Si](C)(C)Br.Cc1ccc(NC(=O)c2ccc(CN3CCN(CCP(=O)(O)O)CC3)cc2)cc1Nc1nccc(-c2cccnc2)n1. The predicted molar refractivity (Wildman–Crippen MR) is 383 cm³/mol. The number of nitrogens with one attached hydrogen (secondary N) is 4. The van der Waals surface area contributed by atoms with E-state index in [1.54, 1.807) is 37.2 Å². The Morgan fingerprint density at radius 2 is 0.936 bits per heavy atom. The van der Waals surface area contributed by atoms with Crippen molar-refractivity contribution in [3.63, 3.8) is 0 Å². The normalized spacial score (nSPS) is 14.1. The number of aromatic nitrogens is 6. The average Bonchev–Trinajstić information content (AvgIpc) is 1.07. The number of rotatable bonds is 24. The minimum absolute atomic E-state index is 0. The van der Waals surface area contributed by atoms with Crippen molar-refractivity contribution in [2.45, 2.75) is 67.9 Å². The molecule has 0 radical (unpaired) electrons. The van der Waals surface area contributed by atoms with Crippen LogP contribution in [0.15, 0.2) is 159 Å². The number of nitrogens with zero attached hydrogens (tertiary/aromatic N) is 10. The lowest BCUT2D eigenvalue weighted by Gasteiger charge is -2.35. The van der Waals surface area contributed by atoms with Crippen LogP contribution >= 0.6 is 30.5 Å². The molecule has 2 fully saturated rings. The quantitative estimate of drug-likeness (QED) is 0.0186. The van der Waals surface area contributed by atoms with E-state index in [2.05, 4.69) is 106 Å². The number of pyridine rings is 2. The lowest BCUT2D eigenvalue weighted by atomic mass is 10.1. The van der Waals surface area contributed by atoms with Crippen LogP contribution in [0, 0.1) is 13.8 Å². The first kappa shape index (κ1) is 74.1. The van der Waals surface area contributed by atoms with Crippen LogP contribution in [0.4, 0.5) is 34.6 Å². The molecule has 4 aromatic heterocycles. The van der Waals surface area contributed by atoms with E-state index in [4.69, 9.17) is 18.8 Å². The van der Waals surface area contributed by atoms with Crippen LogP contribution in [0.1, 0.15) is 64.2 Å². The molecule has 4 aromatic carbocycles. The van der Waals surface area contributed by atoms with Gasteiger partial charge in [-0.05, 0) is 135 Å². The molecule has 0 unspecified atom stereocenters. The fourth-order valence-electron chi connectivity index (χ4n) is 9.98. The summed E-state index contributed by atoms with van der Waals surface area (Å²) in [6.07, 6.45) is 10.7. The third-order valence-electron chi connectivity index (χ3n) is 14.9. The van der Waals surface area contributed by atoms with Crippen molar-refractivity contribution < 1.29 is 37.6 Å². The van der Waals surface area contributed by atoms with E-state index in [1.807, 2.05) is 149 Å². The molecule has 0 spiro atoms. The number of carbonyl (C=O) groups is 2. The molecule has 0 aliphatic carbocycles. The minimum Gasteiger partial charge on any atom is -0.324 e. The van der Waals surface area contributed by atoms with Crippen LogP contribution in [0.5, 0.6) is 0 Å². The third kappa shape index (κ3) is 24.8. The molecule has 26 heteroatoms. The standard InChI is InChI=1S/C34H42N7O4P.C30H34N7O4P.C3H9BrSi.CH4/c1-4-44-46(43,45-5-2)22-21-40-17-19-41(20-18-40)25-27-9-11-28(12-10-27)33(42)37-30-13-8-26(3)32(23-30)39-34-36-16-14-31(38-34)29-7-6-15-35-24-29;1-22-4-9-26(19-28(22)35-30-32-12-10-27(34-30)25-3-2-11-31-20-25)33-29(38)24-7-5-23(6-8-24)21-37-15-13-36(14-16-37)17-18-42(39,40)41;1-5(2,3)4;/h6-16,23-24H,4-5,17-22,25H2,1-3H3,(H,37,42)(H,36,38,39);2-12,19-20H,13-18,21H2,1H3,(H,33,38)(H,32,34,35)(H2,39,40,41);1-3H3;1H4. The Labute approximate surface area is 562 Å². The van der Waals surface area contributed by atoms with E-state index in [9.17, 15) is 18.7 Å². The number of hydrogen-bond donors (Lipinski definition) is 6. The predicted octanol–water partition coefficient (Wildman–Crippen LogP) is 13.2. The van der Waals surface area contributed by atoms with Gasteiger partial charge in [-0.1, -0.05) is 63.5 Å². The lowest BCUT2D eigenvalue weighted by molar-refractivity contribution is 0.101. The molecular weight excluding hydrogens is 1310 g/mol. The molecule has 2 aliphatic heterocycles. The van der Waals surface area contributed by atoms with Gasteiger partial charge in [-0.2, -0.15) is 0 Å². The Morgan fingerprint density at radius 1 is 0.553 bits per heavy atom. The molecule has 0 bridgehead atoms. The second kappa shape index (κ2) is 36.0. The van der Waals surface area contributed by atoms with E-state index in [-0.39, 0.29) is 25.4 Å². The van der Waals surface area contributed by atoms with E-state index in [0.717, 1.165) is 122 Å². The molecule has 8 aromatic rings. The highest BCUT2D eigenvalue weighted by Crippen LogP contribution is 2.47. The van der Waals surface area contributed by atoms with Crippen molar-refractivity contribution in [1.29, 1.82) is 0 Å². The van der Waals surface area contributed by atoms with E-state index < -0.39 is 21.9 Å². The average molecular weight is 1400 g/mol. The van der Waals surface area contributed by atoms with Gasteiger partial charge in [0.05, 0.1) is 36.9 Å². The molecule has 2 amide bonds. The van der Waals surface area contributed by atoms with Crippen LogP contribution in [-0.2, 0) is 31.3 Å². The summed E-state index contributed by atoms with van der Waals surface area (Å²) in [4.78, 5) is 79.7. The highest BCUT2D eigenvalue weighted by atomic mass is 79.9. The molecule has 500 valence electrons. The second-order valence-corrected chi connectivity index (χ2v) is 38.7. The Hall–Kier alpha value is -7.28. The van der Waals surface area contributed by atoms with Crippen LogP contribution in [0.2, 0.25) is 19.6 Å². The number of hydrogen-bond acceptors (Lipinski definition) is 18. The number of benzene rings is 4. The topological polar surface area (TPSA) is 266 Å². The van der Waals surface area contributed by atoms with Crippen molar-refractivity contribution in [1.82, 2.24) is 49.5 Å². The zero-order valence-electron chi connectivity index (χ0n) is 53.9. The van der Waals surface area contributed by atoms with Gasteiger partial charge in [-0.3, -0.25) is 38.5 Å². The Kier molecular flexibility index (Phi) is 28.4.